The molecule has 0 aliphatic rings. The Balaban J connectivity index is 2.41. The number of nitrogens with zero attached hydrogens (tertiary/aromatic N) is 1. The fourth-order valence-corrected chi connectivity index (χ4v) is 1.43. The Bertz CT molecular complexity index is 435. The van der Waals surface area contributed by atoms with Crippen molar-refractivity contribution in [3.63, 3.8) is 0 Å². The molecule has 0 atom stereocenters. The maximum Gasteiger partial charge on any atom is 0.243 e. The Labute approximate surface area is 114 Å². The number of carbonyl (C=O) groups excluding carboxylic acids is 1. The standard InChI is InChI=1S/C14H22N4O/c1-14(2,3)18-13(15-4)16-10-12(19)17-11-8-6-5-7-9-11/h5-9H,10H2,1-4H3,(H,17,19)(H2,15,16,18). The minimum Gasteiger partial charge on any atom is -0.352 e. The van der Waals surface area contributed by atoms with Crippen LogP contribution in [0, 0.1) is 0 Å². The molecule has 0 aliphatic carbocycles. The van der Waals surface area contributed by atoms with E-state index in [1.165, 1.54) is 0 Å². The van der Waals surface area contributed by atoms with Crippen LogP contribution >= 0.6 is 0 Å². The molecular formula is C14H22N4O. The second-order valence-electron chi connectivity index (χ2n) is 5.21. The van der Waals surface area contributed by atoms with Gasteiger partial charge in [-0.3, -0.25) is 9.79 Å². The molecule has 19 heavy (non-hydrogen) atoms. The number of nitrogens with one attached hydrogen (secondary N) is 3. The average molecular weight is 262 g/mol. The smallest absolute Gasteiger partial charge is 0.243 e. The van der Waals surface area contributed by atoms with Gasteiger partial charge in [-0.25, -0.2) is 0 Å². The molecule has 0 unspecified atom stereocenters. The van der Waals surface area contributed by atoms with Crippen LogP contribution in [-0.2, 0) is 4.79 Å². The summed E-state index contributed by atoms with van der Waals surface area (Å²) in [5.41, 5.74) is 0.686. The lowest BCUT2D eigenvalue weighted by atomic mass is 10.1. The summed E-state index contributed by atoms with van der Waals surface area (Å²) in [6.07, 6.45) is 0. The first-order chi connectivity index (χ1) is 8.90. The van der Waals surface area contributed by atoms with E-state index in [2.05, 4.69) is 20.9 Å². The molecular weight excluding hydrogens is 240 g/mol. The highest BCUT2D eigenvalue weighted by atomic mass is 16.1. The van der Waals surface area contributed by atoms with E-state index in [9.17, 15) is 4.79 Å². The molecule has 0 bridgehead atoms. The van der Waals surface area contributed by atoms with E-state index in [0.29, 0.717) is 5.96 Å². The van der Waals surface area contributed by atoms with Crippen LogP contribution in [0.15, 0.2) is 35.3 Å². The predicted octanol–water partition coefficient (Wildman–Crippen LogP) is 1.59. The summed E-state index contributed by atoms with van der Waals surface area (Å²) in [5, 5.41) is 8.96. The van der Waals surface area contributed by atoms with Gasteiger partial charge in [-0.2, -0.15) is 0 Å². The third-order valence-electron chi connectivity index (χ3n) is 2.19. The molecule has 0 saturated carbocycles. The van der Waals surface area contributed by atoms with Gasteiger partial charge in [-0.05, 0) is 32.9 Å². The molecule has 1 aromatic carbocycles. The predicted molar refractivity (Wildman–Crippen MR) is 79.3 cm³/mol. The van der Waals surface area contributed by atoms with Gasteiger partial charge in [0.25, 0.3) is 0 Å². The number of benzene rings is 1. The number of hydrogen-bond acceptors (Lipinski definition) is 2. The summed E-state index contributed by atoms with van der Waals surface area (Å²) in [4.78, 5) is 15.8. The van der Waals surface area contributed by atoms with Crippen molar-refractivity contribution < 1.29 is 4.79 Å². The molecule has 1 rings (SSSR count). The monoisotopic (exact) mass is 262 g/mol. The Morgan fingerprint density at radius 1 is 1.21 bits per heavy atom. The van der Waals surface area contributed by atoms with Crippen LogP contribution in [0.2, 0.25) is 0 Å². The summed E-state index contributed by atoms with van der Waals surface area (Å²) >= 11 is 0. The van der Waals surface area contributed by atoms with Gasteiger partial charge in [-0.15, -0.1) is 0 Å². The molecule has 0 aromatic heterocycles. The van der Waals surface area contributed by atoms with Crippen LogP contribution in [0.5, 0.6) is 0 Å². The minimum atomic E-state index is -0.108. The average Bonchev–Trinajstić information content (AvgIpc) is 2.34. The highest BCUT2D eigenvalue weighted by Gasteiger charge is 2.12. The fourth-order valence-electron chi connectivity index (χ4n) is 1.43. The first kappa shape index (κ1) is 15.0. The van der Waals surface area contributed by atoms with Crippen molar-refractivity contribution in [2.75, 3.05) is 18.9 Å². The number of carbonyl (C=O) groups is 1. The van der Waals surface area contributed by atoms with Crippen LogP contribution in [0.4, 0.5) is 5.69 Å². The van der Waals surface area contributed by atoms with Gasteiger partial charge in [0, 0.05) is 18.3 Å². The first-order valence-electron chi connectivity index (χ1n) is 6.24. The van der Waals surface area contributed by atoms with Crippen molar-refractivity contribution in [3.05, 3.63) is 30.3 Å². The summed E-state index contributed by atoms with van der Waals surface area (Å²) in [7, 11) is 1.68. The van der Waals surface area contributed by atoms with Gasteiger partial charge >= 0.3 is 0 Å². The van der Waals surface area contributed by atoms with E-state index < -0.39 is 0 Å². The maximum atomic E-state index is 11.7. The number of aliphatic imine (C=N–C) groups is 1. The second-order valence-corrected chi connectivity index (χ2v) is 5.21. The van der Waals surface area contributed by atoms with Crippen molar-refractivity contribution >= 4 is 17.6 Å². The first-order valence-corrected chi connectivity index (χ1v) is 6.24. The lowest BCUT2D eigenvalue weighted by Gasteiger charge is -2.23. The Morgan fingerprint density at radius 2 is 1.84 bits per heavy atom. The second kappa shape index (κ2) is 6.78. The molecule has 0 heterocycles. The van der Waals surface area contributed by atoms with Crippen LogP contribution in [0.3, 0.4) is 0 Å². The SMILES string of the molecule is CN=C(NCC(=O)Nc1ccccc1)NC(C)(C)C. The zero-order valence-electron chi connectivity index (χ0n) is 11.9. The van der Waals surface area contributed by atoms with Crippen LogP contribution in [0.1, 0.15) is 20.8 Å². The van der Waals surface area contributed by atoms with Gasteiger partial charge in [0.05, 0.1) is 6.54 Å². The maximum absolute atomic E-state index is 11.7. The summed E-state index contributed by atoms with van der Waals surface area (Å²) in [6.45, 7) is 6.27. The molecule has 0 fully saturated rings. The van der Waals surface area contributed by atoms with Crippen LogP contribution < -0.4 is 16.0 Å². The van der Waals surface area contributed by atoms with Crippen molar-refractivity contribution in [2.24, 2.45) is 4.99 Å². The summed E-state index contributed by atoms with van der Waals surface area (Å²) in [5.74, 6) is 0.499. The van der Waals surface area contributed by atoms with Gasteiger partial charge in [-0.1, -0.05) is 18.2 Å². The third-order valence-corrected chi connectivity index (χ3v) is 2.19. The topological polar surface area (TPSA) is 65.5 Å². The molecule has 104 valence electrons. The summed E-state index contributed by atoms with van der Waals surface area (Å²) < 4.78 is 0. The number of amides is 1. The Hall–Kier alpha value is -2.04. The molecule has 3 N–H and O–H groups in total. The Kier molecular flexibility index (Phi) is 5.36. The van der Waals surface area contributed by atoms with Gasteiger partial charge in [0.1, 0.15) is 0 Å². The van der Waals surface area contributed by atoms with Crippen molar-refractivity contribution in [3.8, 4) is 0 Å². The number of para-hydroxylation sites is 1. The van der Waals surface area contributed by atoms with E-state index >= 15 is 0 Å². The van der Waals surface area contributed by atoms with Crippen molar-refractivity contribution in [1.29, 1.82) is 0 Å². The van der Waals surface area contributed by atoms with Crippen molar-refractivity contribution in [1.82, 2.24) is 10.6 Å². The molecule has 0 radical (unpaired) electrons. The molecule has 1 aromatic rings. The number of hydrogen-bond donors (Lipinski definition) is 3. The molecule has 0 saturated heterocycles. The Morgan fingerprint density at radius 3 is 2.37 bits per heavy atom. The largest absolute Gasteiger partial charge is 0.352 e. The highest BCUT2D eigenvalue weighted by molar-refractivity contribution is 5.95. The fraction of sp³-hybridized carbons (Fsp3) is 0.429. The highest BCUT2D eigenvalue weighted by Crippen LogP contribution is 2.04. The molecule has 0 aliphatic heterocycles. The van der Waals surface area contributed by atoms with E-state index in [0.717, 1.165) is 5.69 Å². The number of guanidine groups is 1. The normalized spacial score (nSPS) is 11.9. The number of anilines is 1. The molecule has 0 spiro atoms. The minimum absolute atomic E-state index is 0.0995. The molecule has 1 amide bonds. The van der Waals surface area contributed by atoms with Crippen LogP contribution in [-0.4, -0.2) is 31.0 Å². The molecule has 5 nitrogen and oxygen atoms in total. The van der Waals surface area contributed by atoms with Gasteiger partial charge < -0.3 is 16.0 Å². The lowest BCUT2D eigenvalue weighted by Crippen LogP contribution is -2.49. The number of rotatable bonds is 3. The van der Waals surface area contributed by atoms with Crippen LogP contribution in [0.25, 0.3) is 0 Å². The van der Waals surface area contributed by atoms with E-state index in [-0.39, 0.29) is 18.0 Å². The van der Waals surface area contributed by atoms with E-state index in [1.807, 2.05) is 51.1 Å². The van der Waals surface area contributed by atoms with E-state index in [1.54, 1.807) is 7.05 Å². The third kappa shape index (κ3) is 6.45. The molecule has 5 heteroatoms. The summed E-state index contributed by atoms with van der Waals surface area (Å²) in [6, 6.07) is 9.36. The van der Waals surface area contributed by atoms with Crippen molar-refractivity contribution in [2.45, 2.75) is 26.3 Å². The van der Waals surface area contributed by atoms with Gasteiger partial charge in [0.15, 0.2) is 5.96 Å². The zero-order chi connectivity index (χ0) is 14.3. The lowest BCUT2D eigenvalue weighted by molar-refractivity contribution is -0.115. The van der Waals surface area contributed by atoms with E-state index in [4.69, 9.17) is 0 Å². The quantitative estimate of drug-likeness (QED) is 0.572. The van der Waals surface area contributed by atoms with Gasteiger partial charge in [0.2, 0.25) is 5.91 Å². The zero-order valence-corrected chi connectivity index (χ0v) is 11.9.